The first-order valence-corrected chi connectivity index (χ1v) is 5.64. The zero-order valence-corrected chi connectivity index (χ0v) is 10.3. The van der Waals surface area contributed by atoms with Gasteiger partial charge in [-0.1, -0.05) is 29.3 Å². The van der Waals surface area contributed by atoms with Crippen molar-refractivity contribution in [1.29, 1.82) is 0 Å². The normalized spacial score (nSPS) is 13.9. The Morgan fingerprint density at radius 1 is 1.19 bits per heavy atom. The van der Waals surface area contributed by atoms with Crippen molar-refractivity contribution in [3.05, 3.63) is 33.8 Å². The molecule has 0 aliphatic carbocycles. The summed E-state index contributed by atoms with van der Waals surface area (Å²) in [6, 6.07) is 4.55. The zero-order chi connectivity index (χ0) is 12.3. The molecule has 0 aromatic heterocycles. The van der Waals surface area contributed by atoms with Crippen LogP contribution in [0.3, 0.4) is 0 Å². The highest BCUT2D eigenvalue weighted by atomic mass is 35.5. The van der Waals surface area contributed by atoms with Gasteiger partial charge in [0.2, 0.25) is 0 Å². The van der Waals surface area contributed by atoms with Crippen molar-refractivity contribution in [3.8, 4) is 0 Å². The molecule has 0 radical (unpaired) electrons. The fourth-order valence-corrected chi connectivity index (χ4v) is 2.10. The van der Waals surface area contributed by atoms with Crippen LogP contribution in [-0.2, 0) is 0 Å². The van der Waals surface area contributed by atoms with E-state index in [0.29, 0.717) is 10.6 Å². The third-order valence-corrected chi connectivity index (χ3v) is 3.00. The molecule has 1 aromatic carbocycles. The number of hydrogen-bond acceptors (Lipinski definition) is 0. The minimum atomic E-state index is -4.20. The fourth-order valence-electron chi connectivity index (χ4n) is 1.20. The van der Waals surface area contributed by atoms with Crippen molar-refractivity contribution < 1.29 is 13.2 Å². The molecule has 0 saturated heterocycles. The van der Waals surface area contributed by atoms with Crippen molar-refractivity contribution in [2.24, 2.45) is 0 Å². The van der Waals surface area contributed by atoms with Gasteiger partial charge in [0.05, 0.1) is 5.38 Å². The van der Waals surface area contributed by atoms with E-state index in [4.69, 9.17) is 34.8 Å². The van der Waals surface area contributed by atoms with Gasteiger partial charge in [0, 0.05) is 16.5 Å². The summed E-state index contributed by atoms with van der Waals surface area (Å²) in [4.78, 5) is 0. The first-order chi connectivity index (χ1) is 7.29. The van der Waals surface area contributed by atoms with Gasteiger partial charge in [-0.15, -0.1) is 11.6 Å². The number of halogens is 6. The first kappa shape index (κ1) is 13.9. The van der Waals surface area contributed by atoms with E-state index in [1.165, 1.54) is 6.07 Å². The average molecular weight is 292 g/mol. The van der Waals surface area contributed by atoms with Gasteiger partial charge in [0.15, 0.2) is 0 Å². The molecule has 0 spiro atoms. The lowest BCUT2D eigenvalue weighted by Gasteiger charge is -2.13. The summed E-state index contributed by atoms with van der Waals surface area (Å²) in [5.41, 5.74) is 0.469. The van der Waals surface area contributed by atoms with Crippen LogP contribution >= 0.6 is 34.8 Å². The SMILES string of the molecule is FC(F)(F)CCC(Cl)c1ccc(Cl)cc1Cl. The molecule has 0 aliphatic rings. The Bertz CT molecular complexity index is 363. The monoisotopic (exact) mass is 290 g/mol. The van der Waals surface area contributed by atoms with E-state index in [-0.39, 0.29) is 11.4 Å². The maximum absolute atomic E-state index is 12.0. The lowest BCUT2D eigenvalue weighted by Crippen LogP contribution is -2.08. The molecular weight excluding hydrogens is 283 g/mol. The number of rotatable bonds is 3. The zero-order valence-electron chi connectivity index (χ0n) is 7.99. The Morgan fingerprint density at radius 3 is 2.31 bits per heavy atom. The highest BCUT2D eigenvalue weighted by Gasteiger charge is 2.28. The van der Waals surface area contributed by atoms with Gasteiger partial charge in [-0.2, -0.15) is 13.2 Å². The predicted molar refractivity (Wildman–Crippen MR) is 60.3 cm³/mol. The van der Waals surface area contributed by atoms with Gasteiger partial charge in [0.1, 0.15) is 0 Å². The molecule has 0 saturated carbocycles. The van der Waals surface area contributed by atoms with E-state index >= 15 is 0 Å². The summed E-state index contributed by atoms with van der Waals surface area (Å²) in [7, 11) is 0. The highest BCUT2D eigenvalue weighted by molar-refractivity contribution is 6.35. The molecule has 1 unspecified atom stereocenters. The molecule has 0 amide bonds. The summed E-state index contributed by atoms with van der Waals surface area (Å²) < 4.78 is 36.0. The van der Waals surface area contributed by atoms with Gasteiger partial charge in [-0.05, 0) is 24.1 Å². The van der Waals surface area contributed by atoms with Crippen LogP contribution in [0.25, 0.3) is 0 Å². The second-order valence-electron chi connectivity index (χ2n) is 3.29. The summed E-state index contributed by atoms with van der Waals surface area (Å²) in [5, 5.41) is -0.0468. The summed E-state index contributed by atoms with van der Waals surface area (Å²) in [5.74, 6) is 0. The summed E-state index contributed by atoms with van der Waals surface area (Å²) in [6.07, 6.45) is -5.33. The van der Waals surface area contributed by atoms with Crippen LogP contribution in [0.4, 0.5) is 13.2 Å². The number of alkyl halides is 4. The van der Waals surface area contributed by atoms with Crippen molar-refractivity contribution in [2.45, 2.75) is 24.4 Å². The highest BCUT2D eigenvalue weighted by Crippen LogP contribution is 2.35. The second-order valence-corrected chi connectivity index (χ2v) is 4.66. The molecule has 1 aromatic rings. The van der Waals surface area contributed by atoms with Crippen molar-refractivity contribution >= 4 is 34.8 Å². The Kier molecular flexibility index (Phi) is 4.77. The maximum atomic E-state index is 12.0. The molecule has 0 nitrogen and oxygen atoms in total. The Hall–Kier alpha value is -0.120. The third-order valence-electron chi connectivity index (χ3n) is 1.98. The number of hydrogen-bond donors (Lipinski definition) is 0. The second kappa shape index (κ2) is 5.48. The van der Waals surface area contributed by atoms with E-state index < -0.39 is 18.0 Å². The van der Waals surface area contributed by atoms with Gasteiger partial charge >= 0.3 is 6.18 Å². The van der Waals surface area contributed by atoms with Crippen molar-refractivity contribution in [2.75, 3.05) is 0 Å². The van der Waals surface area contributed by atoms with Crippen LogP contribution in [0.5, 0.6) is 0 Å². The maximum Gasteiger partial charge on any atom is 0.389 e. The first-order valence-electron chi connectivity index (χ1n) is 4.45. The topological polar surface area (TPSA) is 0 Å². The predicted octanol–water partition coefficient (Wildman–Crippen LogP) is 5.62. The standard InChI is InChI=1S/C10H8Cl3F3/c11-6-1-2-7(9(13)5-6)8(12)3-4-10(14,15)16/h1-2,5,8H,3-4H2. The molecule has 16 heavy (non-hydrogen) atoms. The minimum Gasteiger partial charge on any atom is -0.171 e. The van der Waals surface area contributed by atoms with Crippen LogP contribution in [0.15, 0.2) is 18.2 Å². The van der Waals surface area contributed by atoms with E-state index in [2.05, 4.69) is 0 Å². The molecule has 90 valence electrons. The van der Waals surface area contributed by atoms with Crippen LogP contribution in [0.2, 0.25) is 10.0 Å². The lowest BCUT2D eigenvalue weighted by atomic mass is 10.1. The van der Waals surface area contributed by atoms with Crippen LogP contribution in [0.1, 0.15) is 23.8 Å². The Balaban J connectivity index is 2.70. The van der Waals surface area contributed by atoms with Crippen molar-refractivity contribution in [1.82, 2.24) is 0 Å². The van der Waals surface area contributed by atoms with Crippen LogP contribution < -0.4 is 0 Å². The molecule has 0 aliphatic heterocycles. The summed E-state index contributed by atoms with van der Waals surface area (Å²) in [6.45, 7) is 0. The molecule has 1 atom stereocenters. The Morgan fingerprint density at radius 2 is 1.81 bits per heavy atom. The van der Waals surface area contributed by atoms with Gasteiger partial charge in [-0.3, -0.25) is 0 Å². The minimum absolute atomic E-state index is 0.202. The van der Waals surface area contributed by atoms with Crippen LogP contribution in [0, 0.1) is 0 Å². The molecule has 0 bridgehead atoms. The van der Waals surface area contributed by atoms with E-state index in [1.54, 1.807) is 12.1 Å². The number of benzene rings is 1. The molecule has 0 N–H and O–H groups in total. The van der Waals surface area contributed by atoms with E-state index in [0.717, 1.165) is 0 Å². The smallest absolute Gasteiger partial charge is 0.171 e. The molecule has 1 rings (SSSR count). The van der Waals surface area contributed by atoms with Gasteiger partial charge in [0.25, 0.3) is 0 Å². The third kappa shape index (κ3) is 4.40. The van der Waals surface area contributed by atoms with E-state index in [9.17, 15) is 13.2 Å². The molecule has 0 heterocycles. The molecular formula is C10H8Cl3F3. The van der Waals surface area contributed by atoms with E-state index in [1.807, 2.05) is 0 Å². The fraction of sp³-hybridized carbons (Fsp3) is 0.400. The molecule has 6 heteroatoms. The molecule has 0 fully saturated rings. The van der Waals surface area contributed by atoms with Gasteiger partial charge in [-0.25, -0.2) is 0 Å². The van der Waals surface area contributed by atoms with Crippen molar-refractivity contribution in [3.63, 3.8) is 0 Å². The lowest BCUT2D eigenvalue weighted by molar-refractivity contribution is -0.135. The Labute approximate surface area is 106 Å². The average Bonchev–Trinajstić information content (AvgIpc) is 2.13. The quantitative estimate of drug-likeness (QED) is 0.634. The summed E-state index contributed by atoms with van der Waals surface area (Å²) >= 11 is 17.3. The largest absolute Gasteiger partial charge is 0.389 e. The van der Waals surface area contributed by atoms with Crippen LogP contribution in [-0.4, -0.2) is 6.18 Å². The van der Waals surface area contributed by atoms with Gasteiger partial charge < -0.3 is 0 Å².